The first-order valence-corrected chi connectivity index (χ1v) is 5.45. The number of aryl methyl sites for hydroxylation is 1. The third kappa shape index (κ3) is 1.92. The zero-order valence-electron chi connectivity index (χ0n) is 9.05. The van der Waals surface area contributed by atoms with E-state index in [4.69, 9.17) is 4.74 Å². The highest BCUT2D eigenvalue weighted by Crippen LogP contribution is 2.27. The predicted octanol–water partition coefficient (Wildman–Crippen LogP) is 3.21. The average molecular weight is 190 g/mol. The molecule has 1 atom stereocenters. The van der Waals surface area contributed by atoms with Gasteiger partial charge in [-0.25, -0.2) is 0 Å². The molecule has 1 aromatic rings. The second kappa shape index (κ2) is 4.04. The van der Waals surface area contributed by atoms with Crippen LogP contribution in [0.2, 0.25) is 0 Å². The highest BCUT2D eigenvalue weighted by atomic mass is 16.5. The average Bonchev–Trinajstić information content (AvgIpc) is 2.37. The molecule has 1 aliphatic rings. The highest BCUT2D eigenvalue weighted by molar-refractivity contribution is 5.36. The lowest BCUT2D eigenvalue weighted by molar-refractivity contribution is 0.414. The molecular weight excluding hydrogens is 172 g/mol. The molecule has 76 valence electrons. The minimum atomic E-state index is 0.838. The molecule has 0 N–H and O–H groups in total. The molecule has 0 unspecified atom stereocenters. The van der Waals surface area contributed by atoms with Crippen molar-refractivity contribution in [1.82, 2.24) is 0 Å². The van der Waals surface area contributed by atoms with Crippen LogP contribution in [0.15, 0.2) is 18.2 Å². The topological polar surface area (TPSA) is 9.23 Å². The van der Waals surface area contributed by atoms with Gasteiger partial charge in [-0.2, -0.15) is 0 Å². The number of fused-ring (bicyclic) bond motifs is 1. The molecule has 14 heavy (non-hydrogen) atoms. The first-order chi connectivity index (χ1) is 6.79. The van der Waals surface area contributed by atoms with Gasteiger partial charge in [0.15, 0.2) is 0 Å². The number of hydrogen-bond donors (Lipinski definition) is 0. The molecule has 0 fully saturated rings. The summed E-state index contributed by atoms with van der Waals surface area (Å²) >= 11 is 0. The molecule has 1 aliphatic carbocycles. The quantitative estimate of drug-likeness (QED) is 0.618. The standard InChI is InChI=1S/C13H18O/c1-10-4-3-5-11-9-13(14-2)7-6-12(11)8-10/h6-7,9-10H,3-5,8H2,1-2H3/t10-/m1/s1. The Balaban J connectivity index is 2.31. The number of ether oxygens (including phenoxy) is 1. The van der Waals surface area contributed by atoms with Gasteiger partial charge in [-0.05, 0) is 48.4 Å². The second-order valence-electron chi connectivity index (χ2n) is 4.34. The largest absolute Gasteiger partial charge is 0.497 e. The fourth-order valence-corrected chi connectivity index (χ4v) is 2.28. The minimum Gasteiger partial charge on any atom is -0.497 e. The van der Waals surface area contributed by atoms with Crippen molar-refractivity contribution in [3.63, 3.8) is 0 Å². The van der Waals surface area contributed by atoms with Gasteiger partial charge in [-0.15, -0.1) is 0 Å². The van der Waals surface area contributed by atoms with Crippen LogP contribution in [-0.4, -0.2) is 7.11 Å². The molecule has 2 rings (SSSR count). The van der Waals surface area contributed by atoms with Gasteiger partial charge in [0.05, 0.1) is 7.11 Å². The molecule has 0 heterocycles. The zero-order chi connectivity index (χ0) is 9.97. The Morgan fingerprint density at radius 3 is 2.93 bits per heavy atom. The molecule has 1 nitrogen and oxygen atoms in total. The molecule has 0 aliphatic heterocycles. The van der Waals surface area contributed by atoms with E-state index in [9.17, 15) is 0 Å². The Morgan fingerprint density at radius 1 is 1.29 bits per heavy atom. The molecule has 0 bridgehead atoms. The Kier molecular flexibility index (Phi) is 2.76. The summed E-state index contributed by atoms with van der Waals surface area (Å²) in [6.45, 7) is 2.35. The molecular formula is C13H18O. The molecule has 0 radical (unpaired) electrons. The third-order valence-electron chi connectivity index (χ3n) is 3.12. The van der Waals surface area contributed by atoms with E-state index in [-0.39, 0.29) is 0 Å². The number of rotatable bonds is 1. The van der Waals surface area contributed by atoms with E-state index >= 15 is 0 Å². The van der Waals surface area contributed by atoms with Gasteiger partial charge in [0.25, 0.3) is 0 Å². The van der Waals surface area contributed by atoms with Crippen molar-refractivity contribution in [2.75, 3.05) is 7.11 Å². The summed E-state index contributed by atoms with van der Waals surface area (Å²) in [7, 11) is 1.74. The summed E-state index contributed by atoms with van der Waals surface area (Å²) in [4.78, 5) is 0. The van der Waals surface area contributed by atoms with Gasteiger partial charge in [-0.1, -0.05) is 19.4 Å². The zero-order valence-corrected chi connectivity index (χ0v) is 9.05. The van der Waals surface area contributed by atoms with E-state index in [1.807, 2.05) is 0 Å². The van der Waals surface area contributed by atoms with Crippen molar-refractivity contribution in [3.8, 4) is 5.75 Å². The van der Waals surface area contributed by atoms with E-state index in [1.165, 1.54) is 36.8 Å². The molecule has 1 aromatic carbocycles. The van der Waals surface area contributed by atoms with Gasteiger partial charge in [-0.3, -0.25) is 0 Å². The second-order valence-corrected chi connectivity index (χ2v) is 4.34. The van der Waals surface area contributed by atoms with E-state index < -0.39 is 0 Å². The van der Waals surface area contributed by atoms with Gasteiger partial charge in [0.1, 0.15) is 5.75 Å². The van der Waals surface area contributed by atoms with E-state index in [0.717, 1.165) is 11.7 Å². The van der Waals surface area contributed by atoms with E-state index in [2.05, 4.69) is 25.1 Å². The van der Waals surface area contributed by atoms with Crippen LogP contribution in [-0.2, 0) is 12.8 Å². The van der Waals surface area contributed by atoms with Crippen LogP contribution >= 0.6 is 0 Å². The minimum absolute atomic E-state index is 0.838. The van der Waals surface area contributed by atoms with Gasteiger partial charge < -0.3 is 4.74 Å². The Bertz CT molecular complexity index is 317. The molecule has 0 saturated carbocycles. The first-order valence-electron chi connectivity index (χ1n) is 5.45. The fraction of sp³-hybridized carbons (Fsp3) is 0.538. The van der Waals surface area contributed by atoms with E-state index in [1.54, 1.807) is 7.11 Å². The number of hydrogen-bond acceptors (Lipinski definition) is 1. The Morgan fingerprint density at radius 2 is 2.14 bits per heavy atom. The Labute approximate surface area is 86.1 Å². The molecule has 0 aromatic heterocycles. The number of benzene rings is 1. The maximum absolute atomic E-state index is 5.25. The van der Waals surface area contributed by atoms with Crippen LogP contribution in [0.5, 0.6) is 5.75 Å². The molecule has 0 saturated heterocycles. The highest BCUT2D eigenvalue weighted by Gasteiger charge is 2.13. The Hall–Kier alpha value is -0.980. The SMILES string of the molecule is COc1ccc2c(c1)CCC[C@@H](C)C2. The summed E-state index contributed by atoms with van der Waals surface area (Å²) in [6, 6.07) is 6.51. The van der Waals surface area contributed by atoms with Crippen LogP contribution in [0.25, 0.3) is 0 Å². The van der Waals surface area contributed by atoms with Gasteiger partial charge >= 0.3 is 0 Å². The lowest BCUT2D eigenvalue weighted by atomic mass is 9.98. The number of methoxy groups -OCH3 is 1. The first kappa shape index (κ1) is 9.57. The fourth-order valence-electron chi connectivity index (χ4n) is 2.28. The predicted molar refractivity (Wildman–Crippen MR) is 58.8 cm³/mol. The van der Waals surface area contributed by atoms with Crippen LogP contribution in [0.3, 0.4) is 0 Å². The van der Waals surface area contributed by atoms with Crippen molar-refractivity contribution < 1.29 is 4.74 Å². The van der Waals surface area contributed by atoms with E-state index in [0.29, 0.717) is 0 Å². The van der Waals surface area contributed by atoms with Crippen molar-refractivity contribution in [2.24, 2.45) is 5.92 Å². The lowest BCUT2D eigenvalue weighted by Crippen LogP contribution is -1.97. The van der Waals surface area contributed by atoms with Crippen LogP contribution in [0.1, 0.15) is 30.9 Å². The summed E-state index contributed by atoms with van der Waals surface area (Å²) in [5, 5.41) is 0. The lowest BCUT2D eigenvalue weighted by Gasteiger charge is -2.09. The van der Waals surface area contributed by atoms with Crippen LogP contribution in [0, 0.1) is 5.92 Å². The van der Waals surface area contributed by atoms with Crippen molar-refractivity contribution in [3.05, 3.63) is 29.3 Å². The van der Waals surface area contributed by atoms with Crippen LogP contribution < -0.4 is 4.74 Å². The van der Waals surface area contributed by atoms with Crippen LogP contribution in [0.4, 0.5) is 0 Å². The van der Waals surface area contributed by atoms with Gasteiger partial charge in [0, 0.05) is 0 Å². The maximum Gasteiger partial charge on any atom is 0.119 e. The molecule has 1 heteroatoms. The summed E-state index contributed by atoms with van der Waals surface area (Å²) in [5.74, 6) is 1.84. The summed E-state index contributed by atoms with van der Waals surface area (Å²) in [5.41, 5.74) is 3.02. The molecule has 0 amide bonds. The summed E-state index contributed by atoms with van der Waals surface area (Å²) < 4.78 is 5.25. The van der Waals surface area contributed by atoms with Gasteiger partial charge in [0.2, 0.25) is 0 Å². The molecule has 0 spiro atoms. The van der Waals surface area contributed by atoms with Crippen molar-refractivity contribution in [1.29, 1.82) is 0 Å². The third-order valence-corrected chi connectivity index (χ3v) is 3.12. The van der Waals surface area contributed by atoms with Crippen molar-refractivity contribution >= 4 is 0 Å². The van der Waals surface area contributed by atoms with Crippen molar-refractivity contribution in [2.45, 2.75) is 32.6 Å². The maximum atomic E-state index is 5.25. The summed E-state index contributed by atoms with van der Waals surface area (Å²) in [6.07, 6.45) is 5.13. The normalized spacial score (nSPS) is 21.1. The monoisotopic (exact) mass is 190 g/mol. The smallest absolute Gasteiger partial charge is 0.119 e.